The molecule has 1 aliphatic rings. The summed E-state index contributed by atoms with van der Waals surface area (Å²) in [5.41, 5.74) is 0. The average Bonchev–Trinajstić information content (AvgIpc) is 2.62. The molecule has 1 fully saturated rings. The Hall–Kier alpha value is -1.79. The zero-order valence-corrected chi connectivity index (χ0v) is 15.4. The van der Waals surface area contributed by atoms with Crippen LogP contribution in [-0.2, 0) is 14.3 Å². The quantitative estimate of drug-likeness (QED) is 0.801. The van der Waals surface area contributed by atoms with Gasteiger partial charge in [-0.1, -0.05) is 11.6 Å². The number of carbonyl (C=O) groups is 2. The largest absolute Gasteiger partial charge is 0.481 e. The van der Waals surface area contributed by atoms with E-state index in [1.165, 1.54) is 0 Å². The first kappa shape index (κ1) is 19.5. The third kappa shape index (κ3) is 6.21. The number of rotatable bonds is 7. The molecule has 0 saturated carbocycles. The lowest BCUT2D eigenvalue weighted by molar-refractivity contribution is -0.139. The molecular formula is C18H25ClN2O4. The highest BCUT2D eigenvalue weighted by Crippen LogP contribution is 2.18. The molecule has 25 heavy (non-hydrogen) atoms. The highest BCUT2D eigenvalue weighted by atomic mass is 35.5. The van der Waals surface area contributed by atoms with Crippen LogP contribution in [0.3, 0.4) is 0 Å². The number of benzene rings is 1. The SMILES string of the molecule is COCCC(=O)NC1CCN(C(=O)C(C)Oc2ccc(Cl)cc2)CC1. The summed E-state index contributed by atoms with van der Waals surface area (Å²) in [6.45, 7) is 3.39. The van der Waals surface area contributed by atoms with E-state index < -0.39 is 6.10 Å². The monoisotopic (exact) mass is 368 g/mol. The van der Waals surface area contributed by atoms with Gasteiger partial charge in [0.25, 0.3) is 5.91 Å². The lowest BCUT2D eigenvalue weighted by Crippen LogP contribution is -2.49. The van der Waals surface area contributed by atoms with Gasteiger partial charge in [-0.2, -0.15) is 0 Å². The Balaban J connectivity index is 1.76. The van der Waals surface area contributed by atoms with Gasteiger partial charge in [-0.25, -0.2) is 0 Å². The van der Waals surface area contributed by atoms with Crippen LogP contribution >= 0.6 is 11.6 Å². The minimum Gasteiger partial charge on any atom is -0.481 e. The first-order chi connectivity index (χ1) is 12.0. The number of piperidine rings is 1. The summed E-state index contributed by atoms with van der Waals surface area (Å²) in [6, 6.07) is 7.06. The summed E-state index contributed by atoms with van der Waals surface area (Å²) < 4.78 is 10.6. The summed E-state index contributed by atoms with van der Waals surface area (Å²) in [4.78, 5) is 26.0. The summed E-state index contributed by atoms with van der Waals surface area (Å²) in [6.07, 6.45) is 1.30. The van der Waals surface area contributed by atoms with Gasteiger partial charge in [0.05, 0.1) is 6.61 Å². The summed E-state index contributed by atoms with van der Waals surface area (Å²) >= 11 is 5.84. The van der Waals surface area contributed by atoms with Crippen LogP contribution in [0.1, 0.15) is 26.2 Å². The molecule has 138 valence electrons. The van der Waals surface area contributed by atoms with Gasteiger partial charge in [0.15, 0.2) is 6.10 Å². The molecule has 1 aliphatic heterocycles. The van der Waals surface area contributed by atoms with Gasteiger partial charge >= 0.3 is 0 Å². The summed E-state index contributed by atoms with van der Waals surface area (Å²) in [7, 11) is 1.57. The van der Waals surface area contributed by atoms with Crippen molar-refractivity contribution in [2.24, 2.45) is 0 Å². The second-order valence-corrected chi connectivity index (χ2v) is 6.56. The average molecular weight is 369 g/mol. The fraction of sp³-hybridized carbons (Fsp3) is 0.556. The lowest BCUT2D eigenvalue weighted by atomic mass is 10.0. The Morgan fingerprint density at radius 3 is 2.52 bits per heavy atom. The molecule has 1 aromatic carbocycles. The highest BCUT2D eigenvalue weighted by Gasteiger charge is 2.27. The van der Waals surface area contributed by atoms with E-state index in [-0.39, 0.29) is 17.9 Å². The standard InChI is InChI=1S/C18H25ClN2O4/c1-13(25-16-5-3-14(19)4-6-16)18(23)21-10-7-15(8-11-21)20-17(22)9-12-24-2/h3-6,13,15H,7-12H2,1-2H3,(H,20,22). The number of carbonyl (C=O) groups excluding carboxylic acids is 2. The van der Waals surface area contributed by atoms with E-state index >= 15 is 0 Å². The van der Waals surface area contributed by atoms with Crippen LogP contribution in [0.4, 0.5) is 0 Å². The Labute approximate surface area is 153 Å². The number of hydrogen-bond acceptors (Lipinski definition) is 4. The number of nitrogens with zero attached hydrogens (tertiary/aromatic N) is 1. The molecule has 1 saturated heterocycles. The molecule has 0 spiro atoms. The molecule has 0 radical (unpaired) electrons. The maximum atomic E-state index is 12.5. The van der Waals surface area contributed by atoms with Crippen molar-refractivity contribution in [3.8, 4) is 5.75 Å². The first-order valence-electron chi connectivity index (χ1n) is 8.49. The number of nitrogens with one attached hydrogen (secondary N) is 1. The Morgan fingerprint density at radius 1 is 1.28 bits per heavy atom. The smallest absolute Gasteiger partial charge is 0.263 e. The lowest BCUT2D eigenvalue weighted by Gasteiger charge is -2.33. The Morgan fingerprint density at radius 2 is 1.92 bits per heavy atom. The van der Waals surface area contributed by atoms with Crippen molar-refractivity contribution >= 4 is 23.4 Å². The fourth-order valence-corrected chi connectivity index (χ4v) is 2.89. The van der Waals surface area contributed by atoms with E-state index in [0.29, 0.717) is 36.9 Å². The van der Waals surface area contributed by atoms with Crippen LogP contribution in [0.25, 0.3) is 0 Å². The molecule has 2 amide bonds. The third-order valence-electron chi connectivity index (χ3n) is 4.18. The van der Waals surface area contributed by atoms with Crippen LogP contribution in [-0.4, -0.2) is 55.7 Å². The molecule has 0 aromatic heterocycles. The molecule has 2 rings (SSSR count). The number of hydrogen-bond donors (Lipinski definition) is 1. The van der Waals surface area contributed by atoms with E-state index in [4.69, 9.17) is 21.1 Å². The highest BCUT2D eigenvalue weighted by molar-refractivity contribution is 6.30. The van der Waals surface area contributed by atoms with Crippen LogP contribution in [0.15, 0.2) is 24.3 Å². The second kappa shape index (κ2) is 9.63. The van der Waals surface area contributed by atoms with Gasteiger partial charge in [0, 0.05) is 37.7 Å². The van der Waals surface area contributed by atoms with Crippen LogP contribution in [0.2, 0.25) is 5.02 Å². The van der Waals surface area contributed by atoms with Gasteiger partial charge in [-0.3, -0.25) is 9.59 Å². The topological polar surface area (TPSA) is 67.9 Å². The Kier molecular flexibility index (Phi) is 7.52. The number of halogens is 1. The van der Waals surface area contributed by atoms with Crippen LogP contribution in [0, 0.1) is 0 Å². The molecule has 6 nitrogen and oxygen atoms in total. The molecular weight excluding hydrogens is 344 g/mol. The predicted octanol–water partition coefficient (Wildman–Crippen LogP) is 2.25. The molecule has 0 aliphatic carbocycles. The molecule has 1 N–H and O–H groups in total. The molecule has 1 heterocycles. The van der Waals surface area contributed by atoms with Crippen molar-refractivity contribution in [1.29, 1.82) is 0 Å². The van der Waals surface area contributed by atoms with Crippen LogP contribution in [0.5, 0.6) is 5.75 Å². The maximum Gasteiger partial charge on any atom is 0.263 e. The normalized spacial score (nSPS) is 16.4. The van der Waals surface area contributed by atoms with Crippen LogP contribution < -0.4 is 10.1 Å². The Bertz CT molecular complexity index is 571. The molecule has 1 aromatic rings. The van der Waals surface area contributed by atoms with Crippen molar-refractivity contribution in [2.45, 2.75) is 38.3 Å². The van der Waals surface area contributed by atoms with E-state index in [2.05, 4.69) is 5.32 Å². The van der Waals surface area contributed by atoms with Crippen molar-refractivity contribution in [3.63, 3.8) is 0 Å². The van der Waals surface area contributed by atoms with Gasteiger partial charge in [-0.15, -0.1) is 0 Å². The summed E-state index contributed by atoms with van der Waals surface area (Å²) in [5, 5.41) is 3.61. The molecule has 7 heteroatoms. The van der Waals surface area contributed by atoms with Crippen molar-refractivity contribution in [3.05, 3.63) is 29.3 Å². The zero-order valence-electron chi connectivity index (χ0n) is 14.7. The molecule has 1 atom stereocenters. The number of methoxy groups -OCH3 is 1. The molecule has 0 bridgehead atoms. The number of likely N-dealkylation sites (tertiary alicyclic amines) is 1. The predicted molar refractivity (Wildman–Crippen MR) is 95.8 cm³/mol. The van der Waals surface area contributed by atoms with Gasteiger partial charge in [-0.05, 0) is 44.0 Å². The van der Waals surface area contributed by atoms with Gasteiger partial charge in [0.2, 0.25) is 5.91 Å². The van der Waals surface area contributed by atoms with Crippen molar-refractivity contribution in [2.75, 3.05) is 26.8 Å². The van der Waals surface area contributed by atoms with E-state index in [9.17, 15) is 9.59 Å². The fourth-order valence-electron chi connectivity index (χ4n) is 2.76. The zero-order chi connectivity index (χ0) is 18.2. The van der Waals surface area contributed by atoms with E-state index in [1.807, 2.05) is 0 Å². The molecule has 1 unspecified atom stereocenters. The van der Waals surface area contributed by atoms with E-state index in [1.54, 1.807) is 43.2 Å². The number of amides is 2. The van der Waals surface area contributed by atoms with Crippen molar-refractivity contribution in [1.82, 2.24) is 10.2 Å². The third-order valence-corrected chi connectivity index (χ3v) is 4.43. The van der Waals surface area contributed by atoms with E-state index in [0.717, 1.165) is 12.8 Å². The minimum atomic E-state index is -0.561. The van der Waals surface area contributed by atoms with Gasteiger partial charge < -0.3 is 19.7 Å². The summed E-state index contributed by atoms with van der Waals surface area (Å²) in [5.74, 6) is 0.565. The minimum absolute atomic E-state index is 0.00827. The first-order valence-corrected chi connectivity index (χ1v) is 8.86. The maximum absolute atomic E-state index is 12.5. The van der Waals surface area contributed by atoms with Gasteiger partial charge in [0.1, 0.15) is 5.75 Å². The number of ether oxygens (including phenoxy) is 2. The van der Waals surface area contributed by atoms with Crippen molar-refractivity contribution < 1.29 is 19.1 Å². The second-order valence-electron chi connectivity index (χ2n) is 6.12.